The predicted molar refractivity (Wildman–Crippen MR) is 65.7 cm³/mol. The molecule has 2 aromatic rings. The van der Waals surface area contributed by atoms with Crippen LogP contribution in [0.2, 0.25) is 0 Å². The van der Waals surface area contributed by atoms with Crippen molar-refractivity contribution in [3.05, 3.63) is 47.0 Å². The summed E-state index contributed by atoms with van der Waals surface area (Å²) < 4.78 is 5.42. The van der Waals surface area contributed by atoms with Crippen LogP contribution in [0.3, 0.4) is 0 Å². The van der Waals surface area contributed by atoms with Crippen LogP contribution in [0.5, 0.6) is 11.6 Å². The van der Waals surface area contributed by atoms with Gasteiger partial charge in [0.1, 0.15) is 5.75 Å². The Kier molecular flexibility index (Phi) is 3.09. The number of aromatic amines is 1. The van der Waals surface area contributed by atoms with Crippen molar-refractivity contribution in [1.82, 2.24) is 9.97 Å². The number of ether oxygens (including phenoxy) is 1. The standard InChI is InChI=1S/C12H13N3O2/c1-15(2)9-4-3-5-10(8-9)17-12-11(16)13-6-7-14-12/h3-8H,1-2H3,(H,13,16). The quantitative estimate of drug-likeness (QED) is 0.872. The topological polar surface area (TPSA) is 58.2 Å². The Morgan fingerprint density at radius 3 is 2.88 bits per heavy atom. The molecule has 5 heteroatoms. The minimum atomic E-state index is -0.345. The Balaban J connectivity index is 2.28. The van der Waals surface area contributed by atoms with Gasteiger partial charge >= 0.3 is 5.56 Å². The van der Waals surface area contributed by atoms with E-state index in [1.165, 1.54) is 12.4 Å². The summed E-state index contributed by atoms with van der Waals surface area (Å²) in [6.07, 6.45) is 2.94. The van der Waals surface area contributed by atoms with E-state index >= 15 is 0 Å². The fraction of sp³-hybridized carbons (Fsp3) is 0.167. The summed E-state index contributed by atoms with van der Waals surface area (Å²) in [6.45, 7) is 0. The Bertz CT molecular complexity index is 563. The van der Waals surface area contributed by atoms with E-state index in [9.17, 15) is 4.79 Å². The van der Waals surface area contributed by atoms with Gasteiger partial charge in [-0.25, -0.2) is 4.98 Å². The van der Waals surface area contributed by atoms with E-state index in [1.807, 2.05) is 37.2 Å². The SMILES string of the molecule is CN(C)c1cccc(Oc2ncc[nH]c2=O)c1. The van der Waals surface area contributed by atoms with E-state index in [-0.39, 0.29) is 11.4 Å². The molecule has 0 fully saturated rings. The third kappa shape index (κ3) is 2.63. The van der Waals surface area contributed by atoms with Gasteiger partial charge in [-0.05, 0) is 12.1 Å². The molecular formula is C12H13N3O2. The largest absolute Gasteiger partial charge is 0.435 e. The number of anilines is 1. The molecule has 0 radical (unpaired) electrons. The second-order valence-corrected chi connectivity index (χ2v) is 3.72. The van der Waals surface area contributed by atoms with Gasteiger partial charge in [-0.3, -0.25) is 4.79 Å². The van der Waals surface area contributed by atoms with Crippen LogP contribution in [0.4, 0.5) is 5.69 Å². The van der Waals surface area contributed by atoms with Gasteiger partial charge < -0.3 is 14.6 Å². The zero-order valence-electron chi connectivity index (χ0n) is 9.68. The molecule has 0 aliphatic carbocycles. The van der Waals surface area contributed by atoms with E-state index in [0.29, 0.717) is 5.75 Å². The third-order valence-corrected chi connectivity index (χ3v) is 2.22. The fourth-order valence-electron chi connectivity index (χ4n) is 1.35. The summed E-state index contributed by atoms with van der Waals surface area (Å²) in [5.74, 6) is 0.629. The van der Waals surface area contributed by atoms with E-state index in [1.54, 1.807) is 6.07 Å². The van der Waals surface area contributed by atoms with Gasteiger partial charge in [0, 0.05) is 38.2 Å². The van der Waals surface area contributed by atoms with Gasteiger partial charge in [0.2, 0.25) is 0 Å². The van der Waals surface area contributed by atoms with Crippen molar-refractivity contribution < 1.29 is 4.74 Å². The van der Waals surface area contributed by atoms with Gasteiger partial charge in [0.15, 0.2) is 0 Å². The molecule has 0 saturated heterocycles. The molecule has 2 rings (SSSR count). The number of benzene rings is 1. The van der Waals surface area contributed by atoms with Gasteiger partial charge in [-0.1, -0.05) is 6.07 Å². The fourth-order valence-corrected chi connectivity index (χ4v) is 1.35. The lowest BCUT2D eigenvalue weighted by Crippen LogP contribution is -2.10. The van der Waals surface area contributed by atoms with Crippen LogP contribution < -0.4 is 15.2 Å². The molecule has 0 spiro atoms. The highest BCUT2D eigenvalue weighted by Gasteiger charge is 2.04. The highest BCUT2D eigenvalue weighted by molar-refractivity contribution is 5.49. The maximum absolute atomic E-state index is 11.4. The molecule has 0 atom stereocenters. The number of hydrogen-bond donors (Lipinski definition) is 1. The molecular weight excluding hydrogens is 218 g/mol. The molecule has 0 unspecified atom stereocenters. The number of nitrogens with zero attached hydrogens (tertiary/aromatic N) is 2. The first-order chi connectivity index (χ1) is 8.16. The van der Waals surface area contributed by atoms with Crippen LogP contribution in [-0.4, -0.2) is 24.1 Å². The molecule has 0 saturated carbocycles. The lowest BCUT2D eigenvalue weighted by molar-refractivity contribution is 0.454. The highest BCUT2D eigenvalue weighted by atomic mass is 16.5. The monoisotopic (exact) mass is 231 g/mol. The number of H-pyrrole nitrogens is 1. The van der Waals surface area contributed by atoms with Gasteiger partial charge in [-0.15, -0.1) is 0 Å². The molecule has 0 aliphatic heterocycles. The van der Waals surface area contributed by atoms with Crippen molar-refractivity contribution in [1.29, 1.82) is 0 Å². The number of rotatable bonds is 3. The summed E-state index contributed by atoms with van der Waals surface area (Å²) >= 11 is 0. The van der Waals surface area contributed by atoms with Crippen LogP contribution in [0.25, 0.3) is 0 Å². The van der Waals surface area contributed by atoms with E-state index in [0.717, 1.165) is 5.69 Å². The minimum Gasteiger partial charge on any atom is -0.435 e. The minimum absolute atomic E-state index is 0.0448. The van der Waals surface area contributed by atoms with Gasteiger partial charge in [0.05, 0.1) is 0 Å². The van der Waals surface area contributed by atoms with Crippen LogP contribution >= 0.6 is 0 Å². The molecule has 0 amide bonds. The number of hydrogen-bond acceptors (Lipinski definition) is 4. The predicted octanol–water partition coefficient (Wildman–Crippen LogP) is 1.63. The van der Waals surface area contributed by atoms with Crippen molar-refractivity contribution in [2.75, 3.05) is 19.0 Å². The average Bonchev–Trinajstić information content (AvgIpc) is 2.32. The Morgan fingerprint density at radius 2 is 2.18 bits per heavy atom. The molecule has 1 N–H and O–H groups in total. The Morgan fingerprint density at radius 1 is 1.35 bits per heavy atom. The van der Waals surface area contributed by atoms with Gasteiger partial charge in [0.25, 0.3) is 5.88 Å². The lowest BCUT2D eigenvalue weighted by atomic mass is 10.3. The summed E-state index contributed by atoms with van der Waals surface area (Å²) in [5, 5.41) is 0. The molecule has 0 aliphatic rings. The van der Waals surface area contributed by atoms with Crippen molar-refractivity contribution in [3.63, 3.8) is 0 Å². The zero-order chi connectivity index (χ0) is 12.3. The van der Waals surface area contributed by atoms with Crippen molar-refractivity contribution in [3.8, 4) is 11.6 Å². The zero-order valence-corrected chi connectivity index (χ0v) is 9.68. The van der Waals surface area contributed by atoms with Crippen LogP contribution in [0.1, 0.15) is 0 Å². The second kappa shape index (κ2) is 4.69. The summed E-state index contributed by atoms with van der Waals surface area (Å²) in [7, 11) is 3.87. The molecule has 0 bridgehead atoms. The van der Waals surface area contributed by atoms with E-state index in [2.05, 4.69) is 9.97 Å². The smallest absolute Gasteiger partial charge is 0.311 e. The first kappa shape index (κ1) is 11.2. The van der Waals surface area contributed by atoms with Crippen LogP contribution in [0, 0.1) is 0 Å². The Labute approximate surface area is 98.7 Å². The molecule has 5 nitrogen and oxygen atoms in total. The molecule has 17 heavy (non-hydrogen) atoms. The van der Waals surface area contributed by atoms with Crippen molar-refractivity contribution >= 4 is 5.69 Å². The summed E-state index contributed by atoms with van der Waals surface area (Å²) in [6, 6.07) is 7.44. The van der Waals surface area contributed by atoms with Crippen LogP contribution in [-0.2, 0) is 0 Å². The number of nitrogens with one attached hydrogen (secondary N) is 1. The average molecular weight is 231 g/mol. The van der Waals surface area contributed by atoms with Crippen molar-refractivity contribution in [2.24, 2.45) is 0 Å². The van der Waals surface area contributed by atoms with Crippen molar-refractivity contribution in [2.45, 2.75) is 0 Å². The third-order valence-electron chi connectivity index (χ3n) is 2.22. The normalized spacial score (nSPS) is 10.0. The van der Waals surface area contributed by atoms with E-state index in [4.69, 9.17) is 4.74 Å². The summed E-state index contributed by atoms with van der Waals surface area (Å²) in [4.78, 5) is 19.7. The van der Waals surface area contributed by atoms with Crippen LogP contribution in [0.15, 0.2) is 41.5 Å². The first-order valence-electron chi connectivity index (χ1n) is 5.16. The maximum Gasteiger partial charge on any atom is 0.311 e. The molecule has 1 aromatic carbocycles. The molecule has 1 aromatic heterocycles. The molecule has 88 valence electrons. The second-order valence-electron chi connectivity index (χ2n) is 3.72. The maximum atomic E-state index is 11.4. The lowest BCUT2D eigenvalue weighted by Gasteiger charge is -2.13. The van der Waals surface area contributed by atoms with Gasteiger partial charge in [-0.2, -0.15) is 0 Å². The summed E-state index contributed by atoms with van der Waals surface area (Å²) in [5.41, 5.74) is 0.651. The van der Waals surface area contributed by atoms with E-state index < -0.39 is 0 Å². The highest BCUT2D eigenvalue weighted by Crippen LogP contribution is 2.21. The first-order valence-corrected chi connectivity index (χ1v) is 5.16. The number of aromatic nitrogens is 2. The Hall–Kier alpha value is -2.30. The molecule has 1 heterocycles.